The van der Waals surface area contributed by atoms with Crippen molar-refractivity contribution in [1.82, 2.24) is 0 Å². The van der Waals surface area contributed by atoms with Gasteiger partial charge in [-0.05, 0) is 36.5 Å². The maximum atomic E-state index is 10.5. The third-order valence-corrected chi connectivity index (χ3v) is 9.32. The van der Waals surface area contributed by atoms with Crippen molar-refractivity contribution in [1.29, 1.82) is 0 Å². The highest BCUT2D eigenvalue weighted by Gasteiger charge is 2.37. The molecule has 2 nitrogen and oxygen atoms in total. The summed E-state index contributed by atoms with van der Waals surface area (Å²) in [5, 5.41) is 10.7. The van der Waals surface area contributed by atoms with Gasteiger partial charge in [0.1, 0.15) is 0 Å². The van der Waals surface area contributed by atoms with Gasteiger partial charge in [0.2, 0.25) is 0 Å². The van der Waals surface area contributed by atoms with Crippen LogP contribution in [0, 0.1) is 5.92 Å². The first-order valence-electron chi connectivity index (χ1n) is 8.03. The second-order valence-electron chi connectivity index (χ2n) is 7.50. The Hall–Kier alpha value is -0.643. The van der Waals surface area contributed by atoms with E-state index in [9.17, 15) is 5.11 Å². The summed E-state index contributed by atoms with van der Waals surface area (Å²) in [6, 6.07) is 10.2. The topological polar surface area (TPSA) is 29.5 Å². The lowest BCUT2D eigenvalue weighted by Gasteiger charge is -2.37. The van der Waals surface area contributed by atoms with Crippen molar-refractivity contribution in [3.05, 3.63) is 35.9 Å². The fraction of sp³-hybridized carbons (Fsp3) is 0.667. The lowest BCUT2D eigenvalue weighted by molar-refractivity contribution is 0.0685. The summed E-state index contributed by atoms with van der Waals surface area (Å²) in [6.07, 6.45) is 1.32. The molecule has 0 spiro atoms. The van der Waals surface area contributed by atoms with Gasteiger partial charge in [-0.15, -0.1) is 0 Å². The fourth-order valence-corrected chi connectivity index (χ4v) is 3.12. The minimum atomic E-state index is -1.73. The SMILES string of the molecule is CC[C@H](CO[Si](C)(C)C(C)(C)C)[C@H](O)Cc1ccccc1. The first-order chi connectivity index (χ1) is 9.67. The van der Waals surface area contributed by atoms with Gasteiger partial charge in [0.05, 0.1) is 6.10 Å². The van der Waals surface area contributed by atoms with Gasteiger partial charge >= 0.3 is 0 Å². The van der Waals surface area contributed by atoms with Crippen LogP contribution in [0.1, 0.15) is 39.7 Å². The van der Waals surface area contributed by atoms with Gasteiger partial charge in [0, 0.05) is 12.5 Å². The summed E-state index contributed by atoms with van der Waals surface area (Å²) in [5.41, 5.74) is 1.19. The van der Waals surface area contributed by atoms with Gasteiger partial charge in [-0.3, -0.25) is 0 Å². The zero-order valence-electron chi connectivity index (χ0n) is 14.5. The van der Waals surface area contributed by atoms with Gasteiger partial charge in [0.25, 0.3) is 0 Å². The molecule has 1 aromatic carbocycles. The number of benzene rings is 1. The van der Waals surface area contributed by atoms with Gasteiger partial charge in [0.15, 0.2) is 8.32 Å². The number of rotatable bonds is 7. The van der Waals surface area contributed by atoms with E-state index in [1.54, 1.807) is 0 Å². The molecule has 120 valence electrons. The molecule has 0 saturated carbocycles. The molecular formula is C18H32O2Si. The Labute approximate surface area is 131 Å². The van der Waals surface area contributed by atoms with E-state index < -0.39 is 8.32 Å². The van der Waals surface area contributed by atoms with E-state index in [4.69, 9.17) is 4.43 Å². The molecule has 3 heteroatoms. The number of aliphatic hydroxyl groups is 1. The lowest BCUT2D eigenvalue weighted by Crippen LogP contribution is -2.43. The Kier molecular flexibility index (Phi) is 6.63. The number of hydrogen-bond acceptors (Lipinski definition) is 2. The molecule has 1 aromatic rings. The van der Waals surface area contributed by atoms with E-state index in [1.165, 1.54) is 5.56 Å². The van der Waals surface area contributed by atoms with E-state index in [2.05, 4.69) is 52.9 Å². The molecular weight excluding hydrogens is 276 g/mol. The van der Waals surface area contributed by atoms with Crippen LogP contribution in [0.2, 0.25) is 18.1 Å². The summed E-state index contributed by atoms with van der Waals surface area (Å²) in [6.45, 7) is 14.1. The molecule has 0 unspecified atom stereocenters. The monoisotopic (exact) mass is 308 g/mol. The molecule has 0 aliphatic heterocycles. The van der Waals surface area contributed by atoms with Crippen molar-refractivity contribution in [3.8, 4) is 0 Å². The fourth-order valence-electron chi connectivity index (χ4n) is 2.06. The number of aliphatic hydroxyl groups excluding tert-OH is 1. The van der Waals surface area contributed by atoms with Crippen LogP contribution >= 0.6 is 0 Å². The third kappa shape index (κ3) is 5.57. The second kappa shape index (κ2) is 7.57. The van der Waals surface area contributed by atoms with E-state index >= 15 is 0 Å². The maximum absolute atomic E-state index is 10.5. The molecule has 0 radical (unpaired) electrons. The Morgan fingerprint density at radius 3 is 2.19 bits per heavy atom. The zero-order chi connectivity index (χ0) is 16.1. The molecule has 0 aliphatic rings. The van der Waals surface area contributed by atoms with E-state index in [-0.39, 0.29) is 17.1 Å². The summed E-state index contributed by atoms with van der Waals surface area (Å²) < 4.78 is 6.28. The predicted octanol–water partition coefficient (Wildman–Crippen LogP) is 4.64. The maximum Gasteiger partial charge on any atom is 0.191 e. The smallest absolute Gasteiger partial charge is 0.191 e. The van der Waals surface area contributed by atoms with Gasteiger partial charge in [-0.1, -0.05) is 58.0 Å². The first-order valence-corrected chi connectivity index (χ1v) is 10.9. The van der Waals surface area contributed by atoms with Crippen molar-refractivity contribution in [2.24, 2.45) is 5.92 Å². The van der Waals surface area contributed by atoms with E-state index in [0.717, 1.165) is 6.42 Å². The predicted molar refractivity (Wildman–Crippen MR) is 93.1 cm³/mol. The van der Waals surface area contributed by atoms with Crippen LogP contribution in [0.5, 0.6) is 0 Å². The Morgan fingerprint density at radius 2 is 1.71 bits per heavy atom. The van der Waals surface area contributed by atoms with Crippen LogP contribution in [-0.4, -0.2) is 26.1 Å². The Bertz CT molecular complexity index is 409. The standard InChI is InChI=1S/C18H32O2Si/c1-7-16(14-20-21(5,6)18(2,3)4)17(19)13-15-11-9-8-10-12-15/h8-12,16-17,19H,7,13-14H2,1-6H3/t16-,17-/m1/s1. The van der Waals surface area contributed by atoms with Crippen LogP contribution in [-0.2, 0) is 10.8 Å². The molecule has 0 bridgehead atoms. The van der Waals surface area contributed by atoms with Crippen LogP contribution in [0.3, 0.4) is 0 Å². The summed E-state index contributed by atoms with van der Waals surface area (Å²) in [5.74, 6) is 0.208. The summed E-state index contributed by atoms with van der Waals surface area (Å²) in [4.78, 5) is 0. The summed E-state index contributed by atoms with van der Waals surface area (Å²) in [7, 11) is -1.73. The van der Waals surface area contributed by atoms with E-state index in [0.29, 0.717) is 13.0 Å². The summed E-state index contributed by atoms with van der Waals surface area (Å²) >= 11 is 0. The van der Waals surface area contributed by atoms with Crippen molar-refractivity contribution in [3.63, 3.8) is 0 Å². The molecule has 2 atom stereocenters. The minimum Gasteiger partial charge on any atom is -0.416 e. The Balaban J connectivity index is 2.59. The molecule has 0 aromatic heterocycles. The molecule has 0 heterocycles. The second-order valence-corrected chi connectivity index (χ2v) is 12.3. The highest BCUT2D eigenvalue weighted by Crippen LogP contribution is 2.37. The average molecular weight is 309 g/mol. The molecule has 0 aliphatic carbocycles. The quantitative estimate of drug-likeness (QED) is 0.744. The van der Waals surface area contributed by atoms with Gasteiger partial charge in [-0.2, -0.15) is 0 Å². The normalized spacial score (nSPS) is 15.8. The van der Waals surface area contributed by atoms with Gasteiger partial charge in [-0.25, -0.2) is 0 Å². The average Bonchev–Trinajstić information content (AvgIpc) is 2.39. The minimum absolute atomic E-state index is 0.208. The molecule has 0 fully saturated rings. The van der Waals surface area contributed by atoms with Crippen LogP contribution in [0.25, 0.3) is 0 Å². The first kappa shape index (κ1) is 18.4. The van der Waals surface area contributed by atoms with Crippen molar-refractivity contribution in [2.45, 2.75) is 64.8 Å². The molecule has 0 saturated heterocycles. The molecule has 21 heavy (non-hydrogen) atoms. The lowest BCUT2D eigenvalue weighted by atomic mass is 9.95. The largest absolute Gasteiger partial charge is 0.416 e. The molecule has 0 amide bonds. The van der Waals surface area contributed by atoms with Crippen LogP contribution in [0.4, 0.5) is 0 Å². The Morgan fingerprint density at radius 1 is 1.14 bits per heavy atom. The zero-order valence-corrected chi connectivity index (χ0v) is 15.5. The van der Waals surface area contributed by atoms with Crippen molar-refractivity contribution < 1.29 is 9.53 Å². The third-order valence-electron chi connectivity index (χ3n) is 4.82. The molecule has 1 N–H and O–H groups in total. The highest BCUT2D eigenvalue weighted by molar-refractivity contribution is 6.74. The highest BCUT2D eigenvalue weighted by atomic mass is 28.4. The van der Waals surface area contributed by atoms with Crippen LogP contribution < -0.4 is 0 Å². The van der Waals surface area contributed by atoms with Gasteiger partial charge < -0.3 is 9.53 Å². The number of hydrogen-bond donors (Lipinski definition) is 1. The van der Waals surface area contributed by atoms with E-state index in [1.807, 2.05) is 18.2 Å². The van der Waals surface area contributed by atoms with Crippen molar-refractivity contribution >= 4 is 8.32 Å². The van der Waals surface area contributed by atoms with Crippen LogP contribution in [0.15, 0.2) is 30.3 Å². The molecule has 1 rings (SSSR count). The van der Waals surface area contributed by atoms with Crippen molar-refractivity contribution in [2.75, 3.05) is 6.61 Å².